The fraction of sp³-hybridized carbons (Fsp3) is 0.727. The molecule has 98 valence electrons. The van der Waals surface area contributed by atoms with Crippen molar-refractivity contribution in [2.75, 3.05) is 33.7 Å². The molecule has 6 nitrogen and oxygen atoms in total. The molecular weight excluding hydrogens is 218 g/mol. The van der Waals surface area contributed by atoms with Gasteiger partial charge in [-0.3, -0.25) is 15.1 Å². The van der Waals surface area contributed by atoms with Crippen molar-refractivity contribution in [3.8, 4) is 0 Å². The minimum Gasteiger partial charge on any atom is -0.354 e. The molecule has 0 rings (SSSR count). The first-order valence-electron chi connectivity index (χ1n) is 5.78. The monoisotopic (exact) mass is 241 g/mol. The molecule has 1 amide bonds. The van der Waals surface area contributed by atoms with Gasteiger partial charge in [-0.15, -0.1) is 0 Å². The Morgan fingerprint density at radius 2 is 2.24 bits per heavy atom. The van der Waals surface area contributed by atoms with E-state index >= 15 is 0 Å². The number of hydrogen-bond donors (Lipinski definition) is 2. The highest BCUT2D eigenvalue weighted by Gasteiger charge is 1.97. The van der Waals surface area contributed by atoms with Crippen molar-refractivity contribution in [3.05, 3.63) is 0 Å². The molecule has 0 aliphatic carbocycles. The summed E-state index contributed by atoms with van der Waals surface area (Å²) in [6.45, 7) is 6.96. The molecule has 0 fully saturated rings. The number of carbonyl (C=O) groups excluding carboxylic acids is 1. The van der Waals surface area contributed by atoms with Gasteiger partial charge in [0, 0.05) is 20.1 Å². The van der Waals surface area contributed by atoms with Gasteiger partial charge in [-0.05, 0) is 20.5 Å². The van der Waals surface area contributed by atoms with E-state index in [1.807, 2.05) is 6.92 Å². The highest BCUT2D eigenvalue weighted by Crippen LogP contribution is 1.84. The molecule has 0 saturated heterocycles. The van der Waals surface area contributed by atoms with Crippen LogP contribution in [0.2, 0.25) is 0 Å². The summed E-state index contributed by atoms with van der Waals surface area (Å²) in [5.74, 6) is -0.235. The van der Waals surface area contributed by atoms with Crippen molar-refractivity contribution in [1.82, 2.24) is 15.5 Å². The molecule has 0 aromatic heterocycles. The largest absolute Gasteiger partial charge is 0.354 e. The van der Waals surface area contributed by atoms with Crippen molar-refractivity contribution in [3.63, 3.8) is 0 Å². The van der Waals surface area contributed by atoms with Crippen molar-refractivity contribution in [2.24, 2.45) is 9.98 Å². The van der Waals surface area contributed by atoms with Crippen LogP contribution in [0, 0.1) is 0 Å². The van der Waals surface area contributed by atoms with Crippen LogP contribution in [0.25, 0.3) is 0 Å². The molecule has 1 atom stereocenters. The predicted molar refractivity (Wildman–Crippen MR) is 71.7 cm³/mol. The average Bonchev–Trinajstić information content (AvgIpc) is 2.33. The van der Waals surface area contributed by atoms with Gasteiger partial charge in [0.2, 0.25) is 0 Å². The highest BCUT2D eigenvalue weighted by molar-refractivity contribution is 6.27. The van der Waals surface area contributed by atoms with E-state index in [4.69, 9.17) is 0 Å². The summed E-state index contributed by atoms with van der Waals surface area (Å²) in [7, 11) is 3.63. The van der Waals surface area contributed by atoms with Gasteiger partial charge in [-0.25, -0.2) is 4.99 Å². The van der Waals surface area contributed by atoms with E-state index in [0.717, 1.165) is 19.6 Å². The molecule has 6 heteroatoms. The molecule has 0 heterocycles. The van der Waals surface area contributed by atoms with Crippen molar-refractivity contribution < 1.29 is 4.79 Å². The summed E-state index contributed by atoms with van der Waals surface area (Å²) >= 11 is 0. The third kappa shape index (κ3) is 9.65. The summed E-state index contributed by atoms with van der Waals surface area (Å²) < 4.78 is 0. The van der Waals surface area contributed by atoms with Crippen LogP contribution in [-0.4, -0.2) is 63.3 Å². The Bertz CT molecular complexity index is 265. The lowest BCUT2D eigenvalue weighted by atomic mass is 10.5. The predicted octanol–water partition coefficient (Wildman–Crippen LogP) is -0.281. The van der Waals surface area contributed by atoms with Gasteiger partial charge < -0.3 is 10.2 Å². The third-order valence-corrected chi connectivity index (χ3v) is 2.27. The van der Waals surface area contributed by atoms with Gasteiger partial charge in [-0.2, -0.15) is 0 Å². The van der Waals surface area contributed by atoms with E-state index in [1.165, 1.54) is 12.6 Å². The van der Waals surface area contributed by atoms with E-state index in [2.05, 4.69) is 39.5 Å². The summed E-state index contributed by atoms with van der Waals surface area (Å²) in [5, 5.41) is 5.67. The quantitative estimate of drug-likeness (QED) is 0.453. The van der Waals surface area contributed by atoms with E-state index in [-0.39, 0.29) is 12.1 Å². The van der Waals surface area contributed by atoms with Crippen molar-refractivity contribution in [1.29, 1.82) is 0 Å². The number of rotatable bonds is 8. The molecule has 0 bridgehead atoms. The van der Waals surface area contributed by atoms with Crippen LogP contribution < -0.4 is 10.6 Å². The number of likely N-dealkylation sites (N-methyl/N-ethyl adjacent to an activating group) is 1. The Kier molecular flexibility index (Phi) is 9.18. The maximum atomic E-state index is 10.8. The standard InChI is InChI=1S/C11H23N5O/c1-5-16(4)7-6-14-10(2)15-9-13-8-11(17)12-3/h8-10,14H,5-7H2,1-4H3,(H,12,17). The van der Waals surface area contributed by atoms with Crippen LogP contribution in [0.15, 0.2) is 9.98 Å². The molecule has 2 N–H and O–H groups in total. The summed E-state index contributed by atoms with van der Waals surface area (Å²) in [4.78, 5) is 20.9. The zero-order valence-corrected chi connectivity index (χ0v) is 11.1. The fourth-order valence-corrected chi connectivity index (χ4v) is 0.979. The number of nitrogens with one attached hydrogen (secondary N) is 2. The minimum absolute atomic E-state index is 0.00194. The van der Waals surface area contributed by atoms with Crippen molar-refractivity contribution >= 4 is 18.5 Å². The van der Waals surface area contributed by atoms with E-state index < -0.39 is 0 Å². The first-order valence-corrected chi connectivity index (χ1v) is 5.78. The van der Waals surface area contributed by atoms with Crippen LogP contribution in [0.1, 0.15) is 13.8 Å². The van der Waals surface area contributed by atoms with Crippen LogP contribution >= 0.6 is 0 Å². The Hall–Kier alpha value is -1.27. The number of nitrogens with zero attached hydrogens (tertiary/aromatic N) is 3. The van der Waals surface area contributed by atoms with Gasteiger partial charge in [0.1, 0.15) is 6.34 Å². The summed E-state index contributed by atoms with van der Waals surface area (Å²) in [6.07, 6.45) is 2.58. The van der Waals surface area contributed by atoms with Crippen LogP contribution in [-0.2, 0) is 4.79 Å². The number of aliphatic imine (C=N–C) groups is 2. The molecular formula is C11H23N5O. The minimum atomic E-state index is -0.235. The molecule has 1 unspecified atom stereocenters. The lowest BCUT2D eigenvalue weighted by Gasteiger charge is -2.15. The van der Waals surface area contributed by atoms with E-state index in [0.29, 0.717) is 0 Å². The van der Waals surface area contributed by atoms with Gasteiger partial charge in [-0.1, -0.05) is 6.92 Å². The summed E-state index contributed by atoms with van der Waals surface area (Å²) in [6, 6.07) is 0. The number of amides is 1. The first kappa shape index (κ1) is 15.7. The van der Waals surface area contributed by atoms with Crippen molar-refractivity contribution in [2.45, 2.75) is 20.0 Å². The second kappa shape index (κ2) is 9.92. The lowest BCUT2D eigenvalue weighted by Crippen LogP contribution is -2.33. The molecule has 0 aliphatic heterocycles. The molecule has 0 aromatic carbocycles. The van der Waals surface area contributed by atoms with Gasteiger partial charge in [0.05, 0.1) is 12.4 Å². The normalized spacial score (nSPS) is 13.7. The Labute approximate surface area is 103 Å². The maximum absolute atomic E-state index is 10.8. The van der Waals surface area contributed by atoms with Gasteiger partial charge in [0.25, 0.3) is 5.91 Å². The Balaban J connectivity index is 3.71. The van der Waals surface area contributed by atoms with Gasteiger partial charge in [0.15, 0.2) is 0 Å². The number of carbonyl (C=O) groups is 1. The second-order valence-electron chi connectivity index (χ2n) is 3.68. The fourth-order valence-electron chi connectivity index (χ4n) is 0.979. The SMILES string of the molecule is CCN(C)CCNC(C)N=CN=CC(=O)NC. The second-order valence-corrected chi connectivity index (χ2v) is 3.68. The molecule has 0 spiro atoms. The van der Waals surface area contributed by atoms with Crippen LogP contribution in [0.4, 0.5) is 0 Å². The zero-order valence-electron chi connectivity index (χ0n) is 11.1. The third-order valence-electron chi connectivity index (χ3n) is 2.27. The smallest absolute Gasteiger partial charge is 0.262 e. The molecule has 17 heavy (non-hydrogen) atoms. The van der Waals surface area contributed by atoms with Gasteiger partial charge >= 0.3 is 0 Å². The Morgan fingerprint density at radius 1 is 1.53 bits per heavy atom. The summed E-state index contributed by atoms with van der Waals surface area (Å²) in [5.41, 5.74) is 0. The first-order chi connectivity index (χ1) is 8.10. The molecule has 0 aromatic rings. The zero-order chi connectivity index (χ0) is 13.1. The van der Waals surface area contributed by atoms with E-state index in [9.17, 15) is 4.79 Å². The van der Waals surface area contributed by atoms with Crippen LogP contribution in [0.3, 0.4) is 0 Å². The maximum Gasteiger partial charge on any atom is 0.262 e. The van der Waals surface area contributed by atoms with Crippen LogP contribution in [0.5, 0.6) is 0 Å². The molecule has 0 aliphatic rings. The molecule has 0 radical (unpaired) electrons. The number of hydrogen-bond acceptors (Lipinski definition) is 4. The topological polar surface area (TPSA) is 69.1 Å². The van der Waals surface area contributed by atoms with E-state index in [1.54, 1.807) is 7.05 Å². The Morgan fingerprint density at radius 3 is 2.82 bits per heavy atom. The lowest BCUT2D eigenvalue weighted by molar-refractivity contribution is -0.113. The molecule has 0 saturated carbocycles. The average molecular weight is 241 g/mol. The highest BCUT2D eigenvalue weighted by atomic mass is 16.1.